The molecule has 0 amide bonds. The zero-order valence-electron chi connectivity index (χ0n) is 12.8. The smallest absolute Gasteiger partial charge is 0.191 e. The number of halogens is 2. The monoisotopic (exact) mass is 410 g/mol. The molecule has 1 fully saturated rings. The van der Waals surface area contributed by atoms with Crippen molar-refractivity contribution in [3.63, 3.8) is 0 Å². The van der Waals surface area contributed by atoms with Gasteiger partial charge < -0.3 is 5.32 Å². The summed E-state index contributed by atoms with van der Waals surface area (Å²) in [6.07, 6.45) is 3.66. The van der Waals surface area contributed by atoms with Gasteiger partial charge in [0.25, 0.3) is 0 Å². The van der Waals surface area contributed by atoms with E-state index in [9.17, 15) is 12.8 Å². The molecule has 2 unspecified atom stereocenters. The van der Waals surface area contributed by atoms with Gasteiger partial charge in [-0.2, -0.15) is 0 Å². The first-order valence-electron chi connectivity index (χ1n) is 7.84. The van der Waals surface area contributed by atoms with Crippen molar-refractivity contribution in [3.05, 3.63) is 58.1 Å². The molecule has 0 saturated carbocycles. The van der Waals surface area contributed by atoms with E-state index in [0.717, 1.165) is 22.9 Å². The Morgan fingerprint density at radius 2 is 2.04 bits per heavy atom. The third-order valence-electron chi connectivity index (χ3n) is 5.09. The van der Waals surface area contributed by atoms with E-state index < -0.39 is 20.4 Å². The second-order valence-electron chi connectivity index (χ2n) is 6.30. The fourth-order valence-electron chi connectivity index (χ4n) is 4.02. The minimum absolute atomic E-state index is 0.148. The molecular formula is C17H16BrFN2O2S. The van der Waals surface area contributed by atoms with Gasteiger partial charge in [-0.25, -0.2) is 12.8 Å². The van der Waals surface area contributed by atoms with Crippen LogP contribution in [0.25, 0.3) is 0 Å². The third kappa shape index (κ3) is 2.18. The molecule has 4 nitrogen and oxygen atoms in total. The third-order valence-corrected chi connectivity index (χ3v) is 8.06. The van der Waals surface area contributed by atoms with E-state index in [0.29, 0.717) is 18.7 Å². The van der Waals surface area contributed by atoms with Gasteiger partial charge in [-0.3, -0.25) is 4.98 Å². The number of aryl methyl sites for hydroxylation is 1. The van der Waals surface area contributed by atoms with Crippen LogP contribution in [0.4, 0.5) is 4.39 Å². The molecular weight excluding hydrogens is 395 g/mol. The summed E-state index contributed by atoms with van der Waals surface area (Å²) in [6, 6.07) is 6.87. The quantitative estimate of drug-likeness (QED) is 0.773. The van der Waals surface area contributed by atoms with Crippen molar-refractivity contribution < 1.29 is 12.8 Å². The summed E-state index contributed by atoms with van der Waals surface area (Å²) in [4.78, 5) is 4.65. The molecule has 4 rings (SSSR count). The minimum atomic E-state index is -3.71. The lowest BCUT2D eigenvalue weighted by Crippen LogP contribution is -2.50. The van der Waals surface area contributed by atoms with Gasteiger partial charge in [-0.05, 0) is 77.6 Å². The van der Waals surface area contributed by atoms with E-state index in [1.54, 1.807) is 6.20 Å². The van der Waals surface area contributed by atoms with Crippen LogP contribution in [0.1, 0.15) is 24.1 Å². The lowest BCUT2D eigenvalue weighted by Gasteiger charge is -2.39. The van der Waals surface area contributed by atoms with Crippen LogP contribution in [0.3, 0.4) is 0 Å². The van der Waals surface area contributed by atoms with Gasteiger partial charge in [0.05, 0.1) is 10.6 Å². The topological polar surface area (TPSA) is 59.1 Å². The van der Waals surface area contributed by atoms with Gasteiger partial charge in [0, 0.05) is 16.7 Å². The van der Waals surface area contributed by atoms with Gasteiger partial charge in [0.2, 0.25) is 0 Å². The van der Waals surface area contributed by atoms with Crippen LogP contribution in [0.2, 0.25) is 0 Å². The van der Waals surface area contributed by atoms with E-state index in [4.69, 9.17) is 0 Å². The van der Waals surface area contributed by atoms with Crippen molar-refractivity contribution in [1.29, 1.82) is 0 Å². The fraction of sp³-hybridized carbons (Fsp3) is 0.353. The van der Waals surface area contributed by atoms with Gasteiger partial charge in [0.15, 0.2) is 9.84 Å². The molecule has 0 radical (unpaired) electrons. The standard InChI is InChI=1S/C17H16BrFN2O2S/c18-12-9-11-1-6-15-17(7-8-20-15,16(11)21-10-12)24(22,23)14-4-2-13(19)3-5-14/h2-5,9-10,15,20H,1,6-8H2. The van der Waals surface area contributed by atoms with Crippen molar-refractivity contribution in [2.24, 2.45) is 0 Å². The normalized spacial score (nSPS) is 26.0. The van der Waals surface area contributed by atoms with E-state index in [1.165, 1.54) is 24.3 Å². The highest BCUT2D eigenvalue weighted by Gasteiger charge is 2.58. The van der Waals surface area contributed by atoms with Crippen LogP contribution in [0.15, 0.2) is 45.9 Å². The maximum atomic E-state index is 13.5. The summed E-state index contributed by atoms with van der Waals surface area (Å²) in [5.41, 5.74) is 1.60. The Bertz CT molecular complexity index is 901. The highest BCUT2D eigenvalue weighted by Crippen LogP contribution is 2.48. The van der Waals surface area contributed by atoms with Gasteiger partial charge in [-0.1, -0.05) is 0 Å². The Morgan fingerprint density at radius 3 is 2.79 bits per heavy atom. The van der Waals surface area contributed by atoms with E-state index in [2.05, 4.69) is 26.2 Å². The highest BCUT2D eigenvalue weighted by molar-refractivity contribution is 9.10. The number of sulfone groups is 1. The molecule has 1 aliphatic carbocycles. The second-order valence-corrected chi connectivity index (χ2v) is 9.43. The molecule has 0 bridgehead atoms. The van der Waals surface area contributed by atoms with Crippen molar-refractivity contribution in [3.8, 4) is 0 Å². The molecule has 24 heavy (non-hydrogen) atoms. The van der Waals surface area contributed by atoms with Crippen molar-refractivity contribution in [1.82, 2.24) is 10.3 Å². The summed E-state index contributed by atoms with van der Waals surface area (Å²) in [5.74, 6) is -0.446. The molecule has 0 spiro atoms. The number of fused-ring (bicyclic) bond motifs is 3. The summed E-state index contributed by atoms with van der Waals surface area (Å²) in [7, 11) is -3.71. The molecule has 1 N–H and O–H groups in total. The van der Waals surface area contributed by atoms with E-state index in [-0.39, 0.29) is 10.9 Å². The molecule has 7 heteroatoms. The van der Waals surface area contributed by atoms with Crippen LogP contribution in [-0.2, 0) is 21.0 Å². The number of aromatic nitrogens is 1. The Labute approximate surface area is 148 Å². The predicted molar refractivity (Wildman–Crippen MR) is 91.9 cm³/mol. The number of hydrogen-bond acceptors (Lipinski definition) is 4. The van der Waals surface area contributed by atoms with Gasteiger partial charge >= 0.3 is 0 Å². The Balaban J connectivity index is 1.96. The van der Waals surface area contributed by atoms with Gasteiger partial charge in [0.1, 0.15) is 10.6 Å². The zero-order chi connectivity index (χ0) is 16.9. The molecule has 2 heterocycles. The fourth-order valence-corrected chi connectivity index (χ4v) is 6.69. The van der Waals surface area contributed by atoms with Crippen LogP contribution in [0.5, 0.6) is 0 Å². The van der Waals surface area contributed by atoms with Crippen LogP contribution in [0, 0.1) is 5.82 Å². The number of pyridine rings is 1. The molecule has 126 valence electrons. The first kappa shape index (κ1) is 16.2. The largest absolute Gasteiger partial charge is 0.312 e. The molecule has 1 aromatic carbocycles. The second kappa shape index (κ2) is 5.61. The van der Waals surface area contributed by atoms with Crippen LogP contribution < -0.4 is 5.32 Å². The lowest BCUT2D eigenvalue weighted by molar-refractivity contribution is 0.406. The molecule has 2 aliphatic rings. The number of benzene rings is 1. The summed E-state index contributed by atoms with van der Waals surface area (Å²) in [6.45, 7) is 0.627. The molecule has 1 aliphatic heterocycles. The maximum Gasteiger partial charge on any atom is 0.191 e. The first-order valence-corrected chi connectivity index (χ1v) is 10.1. The average molecular weight is 411 g/mol. The van der Waals surface area contributed by atoms with Crippen LogP contribution >= 0.6 is 15.9 Å². The number of nitrogens with zero attached hydrogens (tertiary/aromatic N) is 1. The lowest BCUT2D eigenvalue weighted by atomic mass is 9.82. The molecule has 1 aromatic heterocycles. The van der Waals surface area contributed by atoms with Crippen molar-refractivity contribution >= 4 is 25.8 Å². The van der Waals surface area contributed by atoms with Gasteiger partial charge in [-0.15, -0.1) is 0 Å². The Morgan fingerprint density at radius 1 is 1.29 bits per heavy atom. The Kier molecular flexibility index (Phi) is 3.78. The summed E-state index contributed by atoms with van der Waals surface area (Å²) in [5, 5.41) is 3.34. The number of rotatable bonds is 2. The maximum absolute atomic E-state index is 13.5. The molecule has 1 saturated heterocycles. The highest BCUT2D eigenvalue weighted by atomic mass is 79.9. The first-order chi connectivity index (χ1) is 11.4. The summed E-state index contributed by atoms with van der Waals surface area (Å²) < 4.78 is 40.1. The van der Waals surface area contributed by atoms with E-state index in [1.807, 2.05) is 6.07 Å². The number of nitrogens with one attached hydrogen (secondary N) is 1. The number of hydrogen-bond donors (Lipinski definition) is 1. The summed E-state index contributed by atoms with van der Waals surface area (Å²) >= 11 is 3.41. The van der Waals surface area contributed by atoms with Crippen molar-refractivity contribution in [2.45, 2.75) is 34.9 Å². The predicted octanol–water partition coefficient (Wildman–Crippen LogP) is 2.96. The average Bonchev–Trinajstić information content (AvgIpc) is 3.00. The van der Waals surface area contributed by atoms with Crippen LogP contribution in [-0.4, -0.2) is 26.0 Å². The van der Waals surface area contributed by atoms with E-state index >= 15 is 0 Å². The minimum Gasteiger partial charge on any atom is -0.312 e. The van der Waals surface area contributed by atoms with Crippen molar-refractivity contribution in [2.75, 3.05) is 6.54 Å². The molecule has 2 atom stereocenters. The Hall–Kier alpha value is -1.31. The zero-order valence-corrected chi connectivity index (χ0v) is 15.2. The molecule has 2 aromatic rings. The SMILES string of the molecule is O=S(=O)(c1ccc(F)cc1)C12CCNC1CCc1cc(Br)cnc12.